The highest BCUT2D eigenvalue weighted by molar-refractivity contribution is 5.29. The lowest BCUT2D eigenvalue weighted by Gasteiger charge is -2.13. The van der Waals surface area contributed by atoms with Gasteiger partial charge in [-0.15, -0.1) is 0 Å². The number of ether oxygens (including phenoxy) is 1. The molecular weight excluding hydrogens is 182 g/mol. The van der Waals surface area contributed by atoms with Gasteiger partial charge in [0, 0.05) is 18.2 Å². The molecule has 0 amide bonds. The molecule has 1 rings (SSSR count). The lowest BCUT2D eigenvalue weighted by atomic mass is 10.1. The molecule has 0 fully saturated rings. The van der Waals surface area contributed by atoms with Crippen LogP contribution in [0.5, 0.6) is 5.88 Å². The molecule has 0 saturated heterocycles. The van der Waals surface area contributed by atoms with Crippen molar-refractivity contribution < 1.29 is 9.84 Å². The molecule has 5 heteroatoms. The fourth-order valence-corrected chi connectivity index (χ4v) is 1.30. The fraction of sp³-hybridized carbons (Fsp3) is 0.556. The second-order valence-electron chi connectivity index (χ2n) is 3.01. The summed E-state index contributed by atoms with van der Waals surface area (Å²) in [5.74, 6) is 0.531. The van der Waals surface area contributed by atoms with Gasteiger partial charge in [0.2, 0.25) is 5.88 Å². The van der Waals surface area contributed by atoms with E-state index in [0.717, 1.165) is 11.3 Å². The lowest BCUT2D eigenvalue weighted by molar-refractivity contribution is 0.275. The van der Waals surface area contributed by atoms with Crippen molar-refractivity contribution in [3.05, 3.63) is 17.6 Å². The van der Waals surface area contributed by atoms with Crippen molar-refractivity contribution in [1.82, 2.24) is 9.97 Å². The van der Waals surface area contributed by atoms with Gasteiger partial charge in [-0.3, -0.25) is 0 Å². The van der Waals surface area contributed by atoms with Gasteiger partial charge in [-0.1, -0.05) is 0 Å². The number of aromatic nitrogens is 2. The standard InChI is InChI=1S/C9H15N3O2/c1-6-8(7(10)3-4-13)11-5-12-9(6)14-2/h5,7,13H,3-4,10H2,1-2H3. The molecule has 78 valence electrons. The molecular formula is C9H15N3O2. The Balaban J connectivity index is 2.96. The molecule has 0 aromatic carbocycles. The summed E-state index contributed by atoms with van der Waals surface area (Å²) < 4.78 is 5.04. The average molecular weight is 197 g/mol. The van der Waals surface area contributed by atoms with E-state index in [9.17, 15) is 0 Å². The Morgan fingerprint density at radius 2 is 2.29 bits per heavy atom. The molecule has 1 atom stereocenters. The average Bonchev–Trinajstić information content (AvgIpc) is 2.18. The van der Waals surface area contributed by atoms with Crippen molar-refractivity contribution >= 4 is 0 Å². The quantitative estimate of drug-likeness (QED) is 0.719. The highest BCUT2D eigenvalue weighted by atomic mass is 16.5. The highest BCUT2D eigenvalue weighted by Crippen LogP contribution is 2.21. The summed E-state index contributed by atoms with van der Waals surface area (Å²) in [6.07, 6.45) is 1.90. The van der Waals surface area contributed by atoms with Crippen molar-refractivity contribution in [1.29, 1.82) is 0 Å². The number of nitrogens with zero attached hydrogens (tertiary/aromatic N) is 2. The first-order chi connectivity index (χ1) is 6.70. The molecule has 5 nitrogen and oxygen atoms in total. The SMILES string of the molecule is COc1ncnc(C(N)CCO)c1C. The van der Waals surface area contributed by atoms with Crippen LogP contribution in [-0.4, -0.2) is 28.8 Å². The molecule has 0 spiro atoms. The van der Waals surface area contributed by atoms with E-state index in [4.69, 9.17) is 15.6 Å². The predicted molar refractivity (Wildman–Crippen MR) is 52.0 cm³/mol. The maximum absolute atomic E-state index is 8.76. The number of hydrogen-bond acceptors (Lipinski definition) is 5. The summed E-state index contributed by atoms with van der Waals surface area (Å²) in [5.41, 5.74) is 7.38. The van der Waals surface area contributed by atoms with Crippen LogP contribution in [0.1, 0.15) is 23.7 Å². The number of aliphatic hydroxyl groups is 1. The van der Waals surface area contributed by atoms with Gasteiger partial charge in [0.1, 0.15) is 6.33 Å². The van der Waals surface area contributed by atoms with Crippen molar-refractivity contribution in [2.75, 3.05) is 13.7 Å². The van der Waals surface area contributed by atoms with E-state index in [1.54, 1.807) is 7.11 Å². The van der Waals surface area contributed by atoms with Gasteiger partial charge in [-0.2, -0.15) is 0 Å². The Morgan fingerprint density at radius 3 is 2.86 bits per heavy atom. The van der Waals surface area contributed by atoms with E-state index in [1.807, 2.05) is 6.92 Å². The molecule has 0 saturated carbocycles. The Labute approximate surface area is 82.9 Å². The van der Waals surface area contributed by atoms with Crippen LogP contribution in [0.25, 0.3) is 0 Å². The van der Waals surface area contributed by atoms with Crippen LogP contribution in [0, 0.1) is 6.92 Å². The van der Waals surface area contributed by atoms with E-state index in [2.05, 4.69) is 9.97 Å². The maximum Gasteiger partial charge on any atom is 0.219 e. The molecule has 1 aromatic rings. The summed E-state index contributed by atoms with van der Waals surface area (Å²) in [4.78, 5) is 8.03. The van der Waals surface area contributed by atoms with Crippen molar-refractivity contribution in [3.8, 4) is 5.88 Å². The van der Waals surface area contributed by atoms with Crippen molar-refractivity contribution in [2.24, 2.45) is 5.73 Å². The Morgan fingerprint density at radius 1 is 1.57 bits per heavy atom. The maximum atomic E-state index is 8.76. The first-order valence-corrected chi connectivity index (χ1v) is 4.42. The molecule has 3 N–H and O–H groups in total. The van der Waals surface area contributed by atoms with Gasteiger partial charge in [0.15, 0.2) is 0 Å². The van der Waals surface area contributed by atoms with E-state index in [1.165, 1.54) is 6.33 Å². The van der Waals surface area contributed by atoms with Crippen LogP contribution in [0.2, 0.25) is 0 Å². The number of nitrogens with two attached hydrogens (primary N) is 1. The third-order valence-electron chi connectivity index (χ3n) is 2.06. The van der Waals surface area contributed by atoms with Crippen LogP contribution >= 0.6 is 0 Å². The van der Waals surface area contributed by atoms with Crippen molar-refractivity contribution in [3.63, 3.8) is 0 Å². The van der Waals surface area contributed by atoms with Gasteiger partial charge in [0.25, 0.3) is 0 Å². The minimum atomic E-state index is -0.267. The number of hydrogen-bond donors (Lipinski definition) is 2. The molecule has 0 aliphatic rings. The first-order valence-electron chi connectivity index (χ1n) is 4.42. The summed E-state index contributed by atoms with van der Waals surface area (Å²) in [7, 11) is 1.55. The summed E-state index contributed by atoms with van der Waals surface area (Å²) >= 11 is 0. The minimum absolute atomic E-state index is 0.0485. The lowest BCUT2D eigenvalue weighted by Crippen LogP contribution is -2.16. The Kier molecular flexibility index (Phi) is 3.79. The molecule has 14 heavy (non-hydrogen) atoms. The van der Waals surface area contributed by atoms with E-state index in [-0.39, 0.29) is 12.6 Å². The smallest absolute Gasteiger partial charge is 0.219 e. The molecule has 1 heterocycles. The molecule has 0 aliphatic carbocycles. The summed E-state index contributed by atoms with van der Waals surface area (Å²) in [5, 5.41) is 8.76. The number of rotatable bonds is 4. The van der Waals surface area contributed by atoms with E-state index >= 15 is 0 Å². The molecule has 1 aromatic heterocycles. The second-order valence-corrected chi connectivity index (χ2v) is 3.01. The summed E-state index contributed by atoms with van der Waals surface area (Å²) in [6, 6.07) is -0.267. The van der Waals surface area contributed by atoms with Gasteiger partial charge in [-0.25, -0.2) is 9.97 Å². The van der Waals surface area contributed by atoms with Crippen LogP contribution in [0.15, 0.2) is 6.33 Å². The normalized spacial score (nSPS) is 12.6. The van der Waals surface area contributed by atoms with Crippen molar-refractivity contribution in [2.45, 2.75) is 19.4 Å². The largest absolute Gasteiger partial charge is 0.481 e. The van der Waals surface area contributed by atoms with E-state index in [0.29, 0.717) is 12.3 Å². The molecule has 1 unspecified atom stereocenters. The monoisotopic (exact) mass is 197 g/mol. The Hall–Kier alpha value is -1.20. The van der Waals surface area contributed by atoms with Gasteiger partial charge in [0.05, 0.1) is 12.8 Å². The van der Waals surface area contributed by atoms with Gasteiger partial charge < -0.3 is 15.6 Å². The number of aliphatic hydroxyl groups excluding tert-OH is 1. The van der Waals surface area contributed by atoms with E-state index < -0.39 is 0 Å². The summed E-state index contributed by atoms with van der Waals surface area (Å²) in [6.45, 7) is 1.90. The zero-order valence-corrected chi connectivity index (χ0v) is 8.40. The topological polar surface area (TPSA) is 81.3 Å². The predicted octanol–water partition coefficient (Wildman–Crippen LogP) is 0.176. The van der Waals surface area contributed by atoms with Gasteiger partial charge in [-0.05, 0) is 13.3 Å². The number of methoxy groups -OCH3 is 1. The zero-order chi connectivity index (χ0) is 10.6. The van der Waals surface area contributed by atoms with Gasteiger partial charge >= 0.3 is 0 Å². The molecule has 0 aliphatic heterocycles. The minimum Gasteiger partial charge on any atom is -0.481 e. The third-order valence-corrected chi connectivity index (χ3v) is 2.06. The fourth-order valence-electron chi connectivity index (χ4n) is 1.30. The molecule has 0 radical (unpaired) electrons. The Bertz CT molecular complexity index is 304. The first kappa shape index (κ1) is 10.9. The third kappa shape index (κ3) is 2.18. The van der Waals surface area contributed by atoms with Crippen LogP contribution in [-0.2, 0) is 0 Å². The zero-order valence-electron chi connectivity index (χ0n) is 8.40. The second kappa shape index (κ2) is 4.88. The van der Waals surface area contributed by atoms with Crippen LogP contribution < -0.4 is 10.5 Å². The van der Waals surface area contributed by atoms with Crippen LogP contribution in [0.3, 0.4) is 0 Å². The van der Waals surface area contributed by atoms with Crippen LogP contribution in [0.4, 0.5) is 0 Å². The highest BCUT2D eigenvalue weighted by Gasteiger charge is 2.13. The molecule has 0 bridgehead atoms.